The van der Waals surface area contributed by atoms with Gasteiger partial charge in [-0.1, -0.05) is 18.2 Å². The molecule has 128 valence electrons. The zero-order valence-corrected chi connectivity index (χ0v) is 15.2. The fourth-order valence-corrected chi connectivity index (χ4v) is 4.88. The Balaban J connectivity index is 1.61. The van der Waals surface area contributed by atoms with E-state index in [4.69, 9.17) is 0 Å². The van der Waals surface area contributed by atoms with E-state index < -0.39 is 0 Å². The van der Waals surface area contributed by atoms with Crippen molar-refractivity contribution in [1.29, 1.82) is 0 Å². The van der Waals surface area contributed by atoms with Crippen LogP contribution >= 0.6 is 23.1 Å². The van der Waals surface area contributed by atoms with E-state index in [1.165, 1.54) is 22.6 Å². The van der Waals surface area contributed by atoms with Crippen molar-refractivity contribution in [3.05, 3.63) is 79.8 Å². The molecule has 0 saturated carbocycles. The molecular weight excluding hydrogens is 355 g/mol. The first kappa shape index (κ1) is 16.5. The Morgan fingerprint density at radius 1 is 1.20 bits per heavy atom. The van der Waals surface area contributed by atoms with Gasteiger partial charge in [-0.2, -0.15) is 4.98 Å². The molecule has 2 heterocycles. The first-order chi connectivity index (χ1) is 12.2. The Kier molecular flexibility index (Phi) is 4.72. The molecule has 1 aromatic carbocycles. The number of halogens is 1. The minimum atomic E-state index is -0.232. The Morgan fingerprint density at radius 2 is 2.04 bits per heavy atom. The standard InChI is InChI=1S/C19H17FN2OS2/c20-14-8-6-13(7-9-14)12-25-18-16-4-1-5-17(16)22(19(23)21-18)11-15-3-2-10-24-15/h2-3,6-10H,1,4-5,11-12H2. The van der Waals surface area contributed by atoms with Crippen molar-refractivity contribution in [1.82, 2.24) is 9.55 Å². The number of thiophene rings is 1. The summed E-state index contributed by atoms with van der Waals surface area (Å²) in [5.74, 6) is 0.456. The third-order valence-electron chi connectivity index (χ3n) is 4.38. The summed E-state index contributed by atoms with van der Waals surface area (Å²) >= 11 is 3.23. The fourth-order valence-electron chi connectivity index (χ4n) is 3.16. The first-order valence-corrected chi connectivity index (χ1v) is 10.1. The second-order valence-corrected chi connectivity index (χ2v) is 8.06. The number of hydrogen-bond acceptors (Lipinski definition) is 4. The molecule has 0 bridgehead atoms. The molecule has 0 amide bonds. The molecule has 3 nitrogen and oxygen atoms in total. The normalized spacial score (nSPS) is 13.2. The van der Waals surface area contributed by atoms with E-state index in [2.05, 4.69) is 11.1 Å². The van der Waals surface area contributed by atoms with E-state index in [9.17, 15) is 9.18 Å². The van der Waals surface area contributed by atoms with Gasteiger partial charge in [-0.3, -0.25) is 4.57 Å². The summed E-state index contributed by atoms with van der Waals surface area (Å²) in [4.78, 5) is 18.1. The van der Waals surface area contributed by atoms with Crippen molar-refractivity contribution >= 4 is 23.1 Å². The van der Waals surface area contributed by atoms with Crippen LogP contribution in [0.4, 0.5) is 4.39 Å². The highest BCUT2D eigenvalue weighted by atomic mass is 32.2. The van der Waals surface area contributed by atoms with Crippen LogP contribution in [-0.4, -0.2) is 9.55 Å². The van der Waals surface area contributed by atoms with Gasteiger partial charge in [0.05, 0.1) is 6.54 Å². The maximum atomic E-state index is 13.0. The zero-order chi connectivity index (χ0) is 17.2. The van der Waals surface area contributed by atoms with Crippen LogP contribution in [0, 0.1) is 5.82 Å². The van der Waals surface area contributed by atoms with Crippen LogP contribution in [0.5, 0.6) is 0 Å². The Labute approximate surface area is 153 Å². The molecule has 1 aliphatic rings. The van der Waals surface area contributed by atoms with Gasteiger partial charge in [0.15, 0.2) is 0 Å². The number of benzene rings is 1. The Hall–Kier alpha value is -1.92. The molecule has 3 aromatic rings. The summed E-state index contributed by atoms with van der Waals surface area (Å²) in [6.45, 7) is 0.606. The van der Waals surface area contributed by atoms with Crippen LogP contribution in [0.1, 0.15) is 28.1 Å². The van der Waals surface area contributed by atoms with Gasteiger partial charge in [0.2, 0.25) is 0 Å². The van der Waals surface area contributed by atoms with Crippen LogP contribution in [0.3, 0.4) is 0 Å². The lowest BCUT2D eigenvalue weighted by Crippen LogP contribution is -2.27. The summed E-state index contributed by atoms with van der Waals surface area (Å²) in [6, 6.07) is 10.5. The van der Waals surface area contributed by atoms with Crippen molar-refractivity contribution in [2.75, 3.05) is 0 Å². The van der Waals surface area contributed by atoms with Gasteiger partial charge in [0, 0.05) is 21.9 Å². The zero-order valence-electron chi connectivity index (χ0n) is 13.6. The average Bonchev–Trinajstić information content (AvgIpc) is 3.29. The molecule has 2 aromatic heterocycles. The smallest absolute Gasteiger partial charge is 0.291 e. The third-order valence-corrected chi connectivity index (χ3v) is 6.33. The number of rotatable bonds is 5. The first-order valence-electron chi connectivity index (χ1n) is 8.23. The molecular formula is C19H17FN2OS2. The third kappa shape index (κ3) is 3.55. The van der Waals surface area contributed by atoms with Gasteiger partial charge in [-0.15, -0.1) is 23.1 Å². The van der Waals surface area contributed by atoms with E-state index in [0.29, 0.717) is 12.3 Å². The van der Waals surface area contributed by atoms with Gasteiger partial charge >= 0.3 is 5.69 Å². The summed E-state index contributed by atoms with van der Waals surface area (Å²) in [5, 5.41) is 2.87. The van der Waals surface area contributed by atoms with Crippen LogP contribution in [0.15, 0.2) is 51.6 Å². The van der Waals surface area contributed by atoms with Crippen molar-refractivity contribution in [3.8, 4) is 0 Å². The Morgan fingerprint density at radius 3 is 2.80 bits per heavy atom. The number of fused-ring (bicyclic) bond motifs is 1. The molecule has 6 heteroatoms. The van der Waals surface area contributed by atoms with Crippen molar-refractivity contribution in [3.63, 3.8) is 0 Å². The number of hydrogen-bond donors (Lipinski definition) is 0. The minimum Gasteiger partial charge on any atom is -0.291 e. The molecule has 0 N–H and O–H groups in total. The molecule has 0 fully saturated rings. The summed E-state index contributed by atoms with van der Waals surface area (Å²) in [7, 11) is 0. The molecule has 0 saturated heterocycles. The van der Waals surface area contributed by atoms with Crippen LogP contribution in [-0.2, 0) is 25.1 Å². The second-order valence-electron chi connectivity index (χ2n) is 6.06. The summed E-state index contributed by atoms with van der Waals surface area (Å²) in [6.07, 6.45) is 2.97. The quantitative estimate of drug-likeness (QED) is 0.495. The van der Waals surface area contributed by atoms with E-state index in [1.54, 1.807) is 35.2 Å². The molecule has 0 unspecified atom stereocenters. The lowest BCUT2D eigenvalue weighted by molar-refractivity contribution is 0.627. The molecule has 1 aliphatic carbocycles. The minimum absolute atomic E-state index is 0.171. The average molecular weight is 372 g/mol. The molecule has 0 spiro atoms. The van der Waals surface area contributed by atoms with Gasteiger partial charge in [0.1, 0.15) is 10.8 Å². The maximum Gasteiger partial charge on any atom is 0.349 e. The van der Waals surface area contributed by atoms with E-state index in [1.807, 2.05) is 16.0 Å². The van der Waals surface area contributed by atoms with Crippen molar-refractivity contribution in [2.45, 2.75) is 36.6 Å². The van der Waals surface area contributed by atoms with Crippen molar-refractivity contribution in [2.24, 2.45) is 0 Å². The van der Waals surface area contributed by atoms with Crippen LogP contribution in [0.2, 0.25) is 0 Å². The molecule has 25 heavy (non-hydrogen) atoms. The van der Waals surface area contributed by atoms with Gasteiger partial charge < -0.3 is 0 Å². The molecule has 0 aliphatic heterocycles. The summed E-state index contributed by atoms with van der Waals surface area (Å²) < 4.78 is 14.8. The predicted molar refractivity (Wildman–Crippen MR) is 99.9 cm³/mol. The van der Waals surface area contributed by atoms with Crippen LogP contribution < -0.4 is 5.69 Å². The lowest BCUT2D eigenvalue weighted by atomic mass is 10.2. The Bertz CT molecular complexity index is 933. The second kappa shape index (κ2) is 7.14. The number of thioether (sulfide) groups is 1. The topological polar surface area (TPSA) is 34.9 Å². The van der Waals surface area contributed by atoms with E-state index >= 15 is 0 Å². The van der Waals surface area contributed by atoms with Crippen LogP contribution in [0.25, 0.3) is 0 Å². The SMILES string of the molecule is O=c1nc(SCc2ccc(F)cc2)c2c(n1Cc1cccs1)CCC2. The maximum absolute atomic E-state index is 13.0. The fraction of sp³-hybridized carbons (Fsp3) is 0.263. The highest BCUT2D eigenvalue weighted by Gasteiger charge is 2.22. The lowest BCUT2D eigenvalue weighted by Gasteiger charge is -2.13. The highest BCUT2D eigenvalue weighted by molar-refractivity contribution is 7.98. The predicted octanol–water partition coefficient (Wildman–Crippen LogP) is 4.27. The molecule has 0 radical (unpaired) electrons. The van der Waals surface area contributed by atoms with Gasteiger partial charge in [0.25, 0.3) is 0 Å². The molecule has 4 rings (SSSR count). The number of nitrogens with zero attached hydrogens (tertiary/aromatic N) is 2. The highest BCUT2D eigenvalue weighted by Crippen LogP contribution is 2.31. The molecule has 0 atom stereocenters. The number of aromatic nitrogens is 2. The van der Waals surface area contributed by atoms with E-state index in [-0.39, 0.29) is 11.5 Å². The largest absolute Gasteiger partial charge is 0.349 e. The van der Waals surface area contributed by atoms with Gasteiger partial charge in [-0.05, 0) is 48.4 Å². The monoisotopic (exact) mass is 372 g/mol. The van der Waals surface area contributed by atoms with Gasteiger partial charge in [-0.25, -0.2) is 9.18 Å². The van der Waals surface area contributed by atoms with E-state index in [0.717, 1.165) is 35.5 Å². The summed E-state index contributed by atoms with van der Waals surface area (Å²) in [5.41, 5.74) is 3.21. The van der Waals surface area contributed by atoms with Crippen molar-refractivity contribution < 1.29 is 4.39 Å².